The van der Waals surface area contributed by atoms with Gasteiger partial charge in [-0.05, 0) is 23.7 Å². The maximum atomic E-state index is 2.41. The van der Waals surface area contributed by atoms with Crippen LogP contribution in [0.2, 0.25) is 0 Å². The van der Waals surface area contributed by atoms with Crippen molar-refractivity contribution >= 4 is 0 Å². The van der Waals surface area contributed by atoms with E-state index < -0.39 is 0 Å². The van der Waals surface area contributed by atoms with Crippen molar-refractivity contribution in [3.63, 3.8) is 0 Å². The largest absolute Gasteiger partial charge is 0.0651 e. The molecule has 0 radical (unpaired) electrons. The molecule has 0 bridgehead atoms. The smallest absolute Gasteiger partial charge is 0.0389 e. The summed E-state index contributed by atoms with van der Waals surface area (Å²) in [4.78, 5) is 0. The molecule has 0 amide bonds. The van der Waals surface area contributed by atoms with Crippen LogP contribution < -0.4 is 0 Å². The Bertz CT molecular complexity index is 92.6. The van der Waals surface area contributed by atoms with E-state index in [2.05, 4.69) is 41.5 Å². The van der Waals surface area contributed by atoms with E-state index >= 15 is 0 Å². The molecule has 0 fully saturated rings. The van der Waals surface area contributed by atoms with Crippen molar-refractivity contribution in [2.75, 3.05) is 0 Å². The lowest BCUT2D eigenvalue weighted by Gasteiger charge is -2.29. The molecule has 0 N–H and O–H groups in total. The van der Waals surface area contributed by atoms with Gasteiger partial charge < -0.3 is 0 Å². The fourth-order valence-corrected chi connectivity index (χ4v) is 1.78. The molecule has 0 rings (SSSR count). The van der Waals surface area contributed by atoms with Crippen molar-refractivity contribution in [2.24, 2.45) is 23.7 Å². The molecule has 0 unspecified atom stereocenters. The van der Waals surface area contributed by atoms with Crippen molar-refractivity contribution in [1.82, 2.24) is 0 Å². The van der Waals surface area contributed by atoms with Gasteiger partial charge in [-0.2, -0.15) is 0 Å². The van der Waals surface area contributed by atoms with E-state index in [9.17, 15) is 0 Å². The summed E-state index contributed by atoms with van der Waals surface area (Å²) in [5, 5.41) is 0. The summed E-state index contributed by atoms with van der Waals surface area (Å²) in [5.41, 5.74) is 0. The van der Waals surface area contributed by atoms with E-state index in [0.717, 1.165) is 23.7 Å². The van der Waals surface area contributed by atoms with Crippen LogP contribution in [0, 0.1) is 23.7 Å². The molecule has 0 saturated carbocycles. The highest BCUT2D eigenvalue weighted by Gasteiger charge is 2.21. The molecule has 0 aromatic heterocycles. The SMILES string of the molecule is CC[C@@H](C)[C@H](C)[C@H](C)[C@@H](C)CC. The van der Waals surface area contributed by atoms with Crippen LogP contribution in [0.15, 0.2) is 0 Å². The van der Waals surface area contributed by atoms with Gasteiger partial charge in [0.1, 0.15) is 0 Å². The average Bonchev–Trinajstić information content (AvgIpc) is 2.12. The minimum absolute atomic E-state index is 0.880. The Morgan fingerprint density at radius 2 is 0.917 bits per heavy atom. The van der Waals surface area contributed by atoms with Crippen molar-refractivity contribution in [3.05, 3.63) is 0 Å². The molecule has 12 heavy (non-hydrogen) atoms. The molecule has 0 heteroatoms. The van der Waals surface area contributed by atoms with E-state index in [4.69, 9.17) is 0 Å². The summed E-state index contributed by atoms with van der Waals surface area (Å²) in [6.45, 7) is 14.2. The first-order valence-electron chi connectivity index (χ1n) is 5.54. The summed E-state index contributed by atoms with van der Waals surface area (Å²) in [6.07, 6.45) is 2.64. The first-order valence-corrected chi connectivity index (χ1v) is 5.54. The Morgan fingerprint density at radius 1 is 0.667 bits per heavy atom. The molecule has 0 nitrogen and oxygen atoms in total. The van der Waals surface area contributed by atoms with Crippen LogP contribution >= 0.6 is 0 Å². The Morgan fingerprint density at radius 3 is 1.08 bits per heavy atom. The second kappa shape index (κ2) is 5.61. The van der Waals surface area contributed by atoms with Crippen molar-refractivity contribution < 1.29 is 0 Å². The van der Waals surface area contributed by atoms with E-state index in [-0.39, 0.29) is 0 Å². The third-order valence-electron chi connectivity index (χ3n) is 3.91. The minimum Gasteiger partial charge on any atom is -0.0651 e. The van der Waals surface area contributed by atoms with Crippen LogP contribution in [0.4, 0.5) is 0 Å². The molecule has 0 aliphatic heterocycles. The van der Waals surface area contributed by atoms with Gasteiger partial charge >= 0.3 is 0 Å². The minimum atomic E-state index is 0.880. The van der Waals surface area contributed by atoms with Gasteiger partial charge in [-0.25, -0.2) is 0 Å². The third-order valence-corrected chi connectivity index (χ3v) is 3.91. The predicted molar refractivity (Wildman–Crippen MR) is 57.2 cm³/mol. The normalized spacial score (nSPS) is 21.5. The second-order valence-corrected chi connectivity index (χ2v) is 4.49. The summed E-state index contributed by atoms with van der Waals surface area (Å²) in [6, 6.07) is 0. The molecule has 74 valence electrons. The van der Waals surface area contributed by atoms with Gasteiger partial charge in [0.05, 0.1) is 0 Å². The molecule has 0 aromatic rings. The topological polar surface area (TPSA) is 0 Å². The number of hydrogen-bond acceptors (Lipinski definition) is 0. The Hall–Kier alpha value is 0. The van der Waals surface area contributed by atoms with Crippen LogP contribution in [0.25, 0.3) is 0 Å². The zero-order valence-corrected chi connectivity index (χ0v) is 9.72. The highest BCUT2D eigenvalue weighted by molar-refractivity contribution is 4.70. The molecule has 0 aliphatic carbocycles. The highest BCUT2D eigenvalue weighted by atomic mass is 14.3. The van der Waals surface area contributed by atoms with Crippen molar-refractivity contribution in [1.29, 1.82) is 0 Å². The van der Waals surface area contributed by atoms with Crippen molar-refractivity contribution in [3.8, 4) is 0 Å². The fraction of sp³-hybridized carbons (Fsp3) is 1.00. The van der Waals surface area contributed by atoms with E-state index in [1.807, 2.05) is 0 Å². The summed E-state index contributed by atoms with van der Waals surface area (Å²) >= 11 is 0. The number of hydrogen-bond donors (Lipinski definition) is 0. The summed E-state index contributed by atoms with van der Waals surface area (Å²) in [5.74, 6) is 3.53. The lowest BCUT2D eigenvalue weighted by atomic mass is 9.77. The Balaban J connectivity index is 3.99. The Kier molecular flexibility index (Phi) is 5.61. The highest BCUT2D eigenvalue weighted by Crippen LogP contribution is 2.29. The zero-order chi connectivity index (χ0) is 9.72. The van der Waals surface area contributed by atoms with Crippen LogP contribution in [0.5, 0.6) is 0 Å². The van der Waals surface area contributed by atoms with Gasteiger partial charge in [-0.3, -0.25) is 0 Å². The molecule has 0 spiro atoms. The second-order valence-electron chi connectivity index (χ2n) is 4.49. The van der Waals surface area contributed by atoms with Crippen LogP contribution in [0.1, 0.15) is 54.4 Å². The monoisotopic (exact) mass is 170 g/mol. The fourth-order valence-electron chi connectivity index (χ4n) is 1.78. The van der Waals surface area contributed by atoms with Gasteiger partial charge in [0.25, 0.3) is 0 Å². The first-order chi connectivity index (χ1) is 5.54. The van der Waals surface area contributed by atoms with Crippen LogP contribution in [-0.2, 0) is 0 Å². The van der Waals surface area contributed by atoms with Gasteiger partial charge in [-0.1, -0.05) is 54.4 Å². The number of rotatable bonds is 5. The maximum Gasteiger partial charge on any atom is -0.0389 e. The van der Waals surface area contributed by atoms with E-state index in [1.54, 1.807) is 0 Å². The van der Waals surface area contributed by atoms with Gasteiger partial charge in [0.15, 0.2) is 0 Å². The third kappa shape index (κ3) is 3.16. The van der Waals surface area contributed by atoms with Gasteiger partial charge in [-0.15, -0.1) is 0 Å². The lowest BCUT2D eigenvalue weighted by molar-refractivity contribution is 0.205. The average molecular weight is 170 g/mol. The molecule has 0 aliphatic rings. The Labute approximate surface area is 78.8 Å². The molecular weight excluding hydrogens is 144 g/mol. The summed E-state index contributed by atoms with van der Waals surface area (Å²) < 4.78 is 0. The molecule has 0 aromatic carbocycles. The summed E-state index contributed by atoms with van der Waals surface area (Å²) in [7, 11) is 0. The van der Waals surface area contributed by atoms with E-state index in [1.165, 1.54) is 12.8 Å². The van der Waals surface area contributed by atoms with E-state index in [0.29, 0.717) is 0 Å². The first kappa shape index (κ1) is 12.0. The quantitative estimate of drug-likeness (QED) is 0.575. The zero-order valence-electron chi connectivity index (χ0n) is 9.72. The molecule has 4 atom stereocenters. The van der Waals surface area contributed by atoms with Crippen molar-refractivity contribution in [2.45, 2.75) is 54.4 Å². The van der Waals surface area contributed by atoms with Gasteiger partial charge in [0.2, 0.25) is 0 Å². The molecular formula is C12H26. The predicted octanol–water partition coefficient (Wildman–Crippen LogP) is 4.35. The maximum absolute atomic E-state index is 2.41. The molecule has 0 saturated heterocycles. The van der Waals surface area contributed by atoms with Crippen LogP contribution in [0.3, 0.4) is 0 Å². The standard InChI is InChI=1S/C12H26/c1-7-9(3)11(5)12(6)10(4)8-2/h9-12H,7-8H2,1-6H3/t9-,10+,11+,12-. The van der Waals surface area contributed by atoms with Gasteiger partial charge in [0, 0.05) is 0 Å². The lowest BCUT2D eigenvalue weighted by Crippen LogP contribution is -2.21. The molecule has 0 heterocycles. The van der Waals surface area contributed by atoms with Crippen LogP contribution in [-0.4, -0.2) is 0 Å².